The van der Waals surface area contributed by atoms with Crippen molar-refractivity contribution in [1.29, 1.82) is 0 Å². The van der Waals surface area contributed by atoms with Crippen molar-refractivity contribution in [2.75, 3.05) is 32.0 Å². The van der Waals surface area contributed by atoms with Crippen LogP contribution in [0.4, 0.5) is 14.7 Å². The summed E-state index contributed by atoms with van der Waals surface area (Å²) < 4.78 is 27.3. The van der Waals surface area contributed by atoms with Crippen LogP contribution in [0.5, 0.6) is 0 Å². The molecule has 0 amide bonds. The first kappa shape index (κ1) is 21.1. The van der Waals surface area contributed by atoms with Crippen LogP contribution in [0, 0.1) is 18.6 Å². The maximum absolute atomic E-state index is 13.9. The molecule has 2 aromatic heterocycles. The summed E-state index contributed by atoms with van der Waals surface area (Å²) in [5.74, 6) is -0.889. The van der Waals surface area contributed by atoms with Gasteiger partial charge in [0.05, 0.1) is 16.8 Å². The Morgan fingerprint density at radius 2 is 1.90 bits per heavy atom. The van der Waals surface area contributed by atoms with Crippen molar-refractivity contribution < 1.29 is 8.78 Å². The number of fused-ring (bicyclic) bond motifs is 1. The van der Waals surface area contributed by atoms with Crippen molar-refractivity contribution in [1.82, 2.24) is 24.8 Å². The van der Waals surface area contributed by atoms with E-state index < -0.39 is 11.6 Å². The lowest BCUT2D eigenvalue weighted by atomic mass is 10.2. The van der Waals surface area contributed by atoms with Gasteiger partial charge >= 0.3 is 0 Å². The van der Waals surface area contributed by atoms with E-state index in [-0.39, 0.29) is 5.52 Å². The molecule has 0 bridgehead atoms. The molecular formula is C21H28F2N6. The Hall–Kier alpha value is -2.61. The summed E-state index contributed by atoms with van der Waals surface area (Å²) in [7, 11) is 2.14. The summed E-state index contributed by atoms with van der Waals surface area (Å²) in [4.78, 5) is 18.3. The van der Waals surface area contributed by atoms with Gasteiger partial charge in [-0.05, 0) is 52.0 Å². The zero-order valence-corrected chi connectivity index (χ0v) is 17.2. The number of unbranched alkanes of at least 4 members (excludes halogenated alkanes) is 3. The van der Waals surface area contributed by atoms with Gasteiger partial charge in [0.25, 0.3) is 0 Å². The minimum Gasteiger partial charge on any atom is -0.354 e. The van der Waals surface area contributed by atoms with E-state index in [0.29, 0.717) is 28.5 Å². The Kier molecular flexibility index (Phi) is 7.09. The Balaban J connectivity index is 1.55. The Bertz CT molecular complexity index is 956. The van der Waals surface area contributed by atoms with Crippen LogP contribution in [-0.4, -0.2) is 51.5 Å². The molecule has 0 aliphatic heterocycles. The lowest BCUT2D eigenvalue weighted by Gasteiger charge is -2.13. The topological polar surface area (TPSA) is 69.7 Å². The summed E-state index contributed by atoms with van der Waals surface area (Å²) in [6, 6.07) is 2.55. The van der Waals surface area contributed by atoms with Crippen molar-refractivity contribution >= 4 is 17.0 Å². The maximum atomic E-state index is 13.9. The van der Waals surface area contributed by atoms with Gasteiger partial charge in [-0.1, -0.05) is 19.8 Å². The smallest absolute Gasteiger partial charge is 0.222 e. The van der Waals surface area contributed by atoms with Crippen LogP contribution >= 0.6 is 0 Å². The molecule has 1 aromatic carbocycles. The highest BCUT2D eigenvalue weighted by Gasteiger charge is 2.15. The molecule has 0 aliphatic rings. The Morgan fingerprint density at radius 3 is 2.66 bits per heavy atom. The van der Waals surface area contributed by atoms with Gasteiger partial charge in [0.2, 0.25) is 5.95 Å². The molecule has 0 saturated carbocycles. The second-order valence-electron chi connectivity index (χ2n) is 7.27. The van der Waals surface area contributed by atoms with E-state index in [1.807, 2.05) is 6.92 Å². The van der Waals surface area contributed by atoms with E-state index in [0.717, 1.165) is 32.1 Å². The molecule has 29 heavy (non-hydrogen) atoms. The van der Waals surface area contributed by atoms with Gasteiger partial charge in [-0.15, -0.1) is 0 Å². The zero-order valence-electron chi connectivity index (χ0n) is 17.2. The number of nitrogens with one attached hydrogen (secondary N) is 2. The standard InChI is InChI=1S/C21H28F2N6/c1-4-29(3)12-8-6-5-7-11-24-21-25-13-15(14(2)26-21)20-27-17-10-9-16(22)18(23)19(17)28-20/h9-10,13H,4-8,11-12H2,1-3H3,(H,27,28)(H,24,25,26). The summed E-state index contributed by atoms with van der Waals surface area (Å²) in [6.45, 7) is 7.07. The minimum atomic E-state index is -0.955. The number of benzene rings is 1. The summed E-state index contributed by atoms with van der Waals surface area (Å²) in [5.41, 5.74) is 1.79. The number of imidazole rings is 1. The highest BCUT2D eigenvalue weighted by atomic mass is 19.2. The third-order valence-corrected chi connectivity index (χ3v) is 5.07. The van der Waals surface area contributed by atoms with Crippen LogP contribution in [-0.2, 0) is 0 Å². The Labute approximate surface area is 169 Å². The number of aromatic amines is 1. The van der Waals surface area contributed by atoms with Crippen molar-refractivity contribution in [2.24, 2.45) is 0 Å². The molecule has 2 heterocycles. The average molecular weight is 402 g/mol. The number of nitrogens with zero attached hydrogens (tertiary/aromatic N) is 4. The van der Waals surface area contributed by atoms with Gasteiger partial charge in [0.15, 0.2) is 11.6 Å². The maximum Gasteiger partial charge on any atom is 0.222 e. The predicted molar refractivity (Wildman–Crippen MR) is 112 cm³/mol. The number of hydrogen-bond donors (Lipinski definition) is 2. The van der Waals surface area contributed by atoms with Crippen LogP contribution in [0.15, 0.2) is 18.3 Å². The molecule has 0 spiro atoms. The first-order valence-corrected chi connectivity index (χ1v) is 10.1. The fraction of sp³-hybridized carbons (Fsp3) is 0.476. The Morgan fingerprint density at radius 1 is 1.10 bits per heavy atom. The highest BCUT2D eigenvalue weighted by Crippen LogP contribution is 2.25. The number of H-pyrrole nitrogens is 1. The van der Waals surface area contributed by atoms with E-state index in [1.165, 1.54) is 25.3 Å². The first-order valence-electron chi connectivity index (χ1n) is 10.1. The molecular weight excluding hydrogens is 374 g/mol. The molecule has 6 nitrogen and oxygen atoms in total. The largest absolute Gasteiger partial charge is 0.354 e. The number of aromatic nitrogens is 4. The SMILES string of the molecule is CCN(C)CCCCCCNc1ncc(-c2nc3c(F)c(F)ccc3[nH]2)c(C)n1. The van der Waals surface area contributed by atoms with Crippen LogP contribution < -0.4 is 5.32 Å². The fourth-order valence-corrected chi connectivity index (χ4v) is 3.15. The lowest BCUT2D eigenvalue weighted by molar-refractivity contribution is 0.341. The monoisotopic (exact) mass is 402 g/mol. The lowest BCUT2D eigenvalue weighted by Crippen LogP contribution is -2.18. The van der Waals surface area contributed by atoms with Gasteiger partial charge in [-0.25, -0.2) is 23.7 Å². The number of aryl methyl sites for hydroxylation is 1. The van der Waals surface area contributed by atoms with Crippen molar-refractivity contribution in [3.05, 3.63) is 35.7 Å². The molecule has 0 aliphatic carbocycles. The van der Waals surface area contributed by atoms with E-state index in [2.05, 4.69) is 44.1 Å². The van der Waals surface area contributed by atoms with E-state index in [9.17, 15) is 8.78 Å². The van der Waals surface area contributed by atoms with Crippen molar-refractivity contribution in [3.63, 3.8) is 0 Å². The number of halogens is 2. The normalized spacial score (nSPS) is 11.5. The summed E-state index contributed by atoms with van der Waals surface area (Å²) in [5, 5.41) is 3.25. The molecule has 0 saturated heterocycles. The van der Waals surface area contributed by atoms with Gasteiger partial charge in [-0.2, -0.15) is 0 Å². The van der Waals surface area contributed by atoms with Gasteiger partial charge in [0, 0.05) is 12.7 Å². The van der Waals surface area contributed by atoms with Crippen LogP contribution in [0.2, 0.25) is 0 Å². The van der Waals surface area contributed by atoms with E-state index in [4.69, 9.17) is 0 Å². The van der Waals surface area contributed by atoms with E-state index in [1.54, 1.807) is 6.20 Å². The highest BCUT2D eigenvalue weighted by molar-refractivity contribution is 5.80. The molecule has 8 heteroatoms. The summed E-state index contributed by atoms with van der Waals surface area (Å²) in [6.07, 6.45) is 6.32. The molecule has 0 unspecified atom stereocenters. The third kappa shape index (κ3) is 5.26. The van der Waals surface area contributed by atoms with Crippen LogP contribution in [0.1, 0.15) is 38.3 Å². The molecule has 3 rings (SSSR count). The van der Waals surface area contributed by atoms with Crippen molar-refractivity contribution in [2.45, 2.75) is 39.5 Å². The average Bonchev–Trinajstić information content (AvgIpc) is 3.14. The van der Waals surface area contributed by atoms with E-state index >= 15 is 0 Å². The van der Waals surface area contributed by atoms with Gasteiger partial charge in [0.1, 0.15) is 11.3 Å². The predicted octanol–water partition coefficient (Wildman–Crippen LogP) is 4.53. The molecule has 0 atom stereocenters. The molecule has 2 N–H and O–H groups in total. The number of anilines is 1. The van der Waals surface area contributed by atoms with Gasteiger partial charge in [-0.3, -0.25) is 0 Å². The fourth-order valence-electron chi connectivity index (χ4n) is 3.15. The quantitative estimate of drug-likeness (QED) is 0.488. The zero-order chi connectivity index (χ0) is 20.8. The molecule has 3 aromatic rings. The van der Waals surface area contributed by atoms with Crippen LogP contribution in [0.3, 0.4) is 0 Å². The van der Waals surface area contributed by atoms with Crippen LogP contribution in [0.25, 0.3) is 22.4 Å². The second-order valence-corrected chi connectivity index (χ2v) is 7.27. The number of hydrogen-bond acceptors (Lipinski definition) is 5. The third-order valence-electron chi connectivity index (χ3n) is 5.07. The van der Waals surface area contributed by atoms with Crippen molar-refractivity contribution in [3.8, 4) is 11.4 Å². The molecule has 0 radical (unpaired) electrons. The molecule has 0 fully saturated rings. The molecule has 156 valence electrons. The first-order chi connectivity index (χ1) is 14.0. The number of rotatable bonds is 10. The van der Waals surface area contributed by atoms with Gasteiger partial charge < -0.3 is 15.2 Å². The minimum absolute atomic E-state index is 0.0215. The second kappa shape index (κ2) is 9.73. The summed E-state index contributed by atoms with van der Waals surface area (Å²) >= 11 is 0.